The highest BCUT2D eigenvalue weighted by molar-refractivity contribution is 5.42. The second kappa shape index (κ2) is 7.56. The summed E-state index contributed by atoms with van der Waals surface area (Å²) in [6, 6.07) is 15.4. The monoisotopic (exact) mass is 385 g/mol. The van der Waals surface area contributed by atoms with E-state index >= 15 is 0 Å². The van der Waals surface area contributed by atoms with Crippen molar-refractivity contribution in [2.24, 2.45) is 0 Å². The van der Waals surface area contributed by atoms with Gasteiger partial charge in [0, 0.05) is 56.2 Å². The highest BCUT2D eigenvalue weighted by Gasteiger charge is 2.42. The van der Waals surface area contributed by atoms with Gasteiger partial charge in [-0.15, -0.1) is 0 Å². The minimum Gasteiger partial charge on any atom is -0.355 e. The molecule has 2 aromatic heterocycles. The minimum absolute atomic E-state index is 0.206. The lowest BCUT2D eigenvalue weighted by molar-refractivity contribution is 0.144. The van der Waals surface area contributed by atoms with E-state index in [4.69, 9.17) is 4.98 Å². The molecule has 0 bridgehead atoms. The minimum atomic E-state index is 0.206. The highest BCUT2D eigenvalue weighted by atomic mass is 15.2. The van der Waals surface area contributed by atoms with Gasteiger partial charge in [-0.25, -0.2) is 4.98 Å². The number of aromatic nitrogens is 3. The van der Waals surface area contributed by atoms with E-state index in [1.54, 1.807) is 18.0 Å². The van der Waals surface area contributed by atoms with E-state index in [0.717, 1.165) is 62.8 Å². The van der Waals surface area contributed by atoms with Gasteiger partial charge in [0.1, 0.15) is 5.82 Å². The molecule has 1 spiro atoms. The molecule has 0 unspecified atom stereocenters. The van der Waals surface area contributed by atoms with Gasteiger partial charge >= 0.3 is 0 Å². The predicted molar refractivity (Wildman–Crippen MR) is 115 cm³/mol. The molecular formula is C24H27N5. The molecule has 0 aliphatic carbocycles. The van der Waals surface area contributed by atoms with Gasteiger partial charge in [0.25, 0.3) is 0 Å². The molecule has 1 fully saturated rings. The summed E-state index contributed by atoms with van der Waals surface area (Å²) in [5, 5.41) is 0. The van der Waals surface area contributed by atoms with Gasteiger partial charge in [0.15, 0.2) is 0 Å². The third-order valence-corrected chi connectivity index (χ3v) is 6.43. The van der Waals surface area contributed by atoms with Gasteiger partial charge in [-0.05, 0) is 43.0 Å². The fourth-order valence-electron chi connectivity index (χ4n) is 5.06. The zero-order valence-corrected chi connectivity index (χ0v) is 17.0. The third-order valence-electron chi connectivity index (χ3n) is 6.43. The standard InChI is InChI=1S/C24H27N5/c1-19-5-4-7-21(27-19)17-28-16-20-6-2-3-8-22(20)24(18-28)9-13-29(14-10-24)23-15-25-11-12-26-23/h2-8,11-12,15H,9-10,13-14,16-18H2,1H3. The van der Waals surface area contributed by atoms with Crippen molar-refractivity contribution in [3.05, 3.63) is 83.6 Å². The lowest BCUT2D eigenvalue weighted by Crippen LogP contribution is -2.52. The zero-order valence-electron chi connectivity index (χ0n) is 17.0. The van der Waals surface area contributed by atoms with Crippen molar-refractivity contribution >= 4 is 5.82 Å². The van der Waals surface area contributed by atoms with Crippen molar-refractivity contribution in [3.8, 4) is 0 Å². The second-order valence-corrected chi connectivity index (χ2v) is 8.40. The molecule has 1 saturated heterocycles. The average Bonchev–Trinajstić information content (AvgIpc) is 2.75. The first-order valence-corrected chi connectivity index (χ1v) is 10.5. The van der Waals surface area contributed by atoms with Gasteiger partial charge in [-0.3, -0.25) is 14.9 Å². The van der Waals surface area contributed by atoms with Gasteiger partial charge in [-0.2, -0.15) is 0 Å². The summed E-state index contributed by atoms with van der Waals surface area (Å²) in [5.41, 5.74) is 5.48. The molecule has 5 heteroatoms. The first kappa shape index (κ1) is 18.3. The van der Waals surface area contributed by atoms with Crippen LogP contribution in [-0.2, 0) is 18.5 Å². The van der Waals surface area contributed by atoms with E-state index in [1.807, 2.05) is 6.20 Å². The Labute approximate surface area is 172 Å². The van der Waals surface area contributed by atoms with Crippen molar-refractivity contribution in [2.75, 3.05) is 24.5 Å². The van der Waals surface area contributed by atoms with Crippen LogP contribution in [0.25, 0.3) is 0 Å². The SMILES string of the molecule is Cc1cccc(CN2Cc3ccccc3C3(CCN(c4cnccn4)CC3)C2)n1. The van der Waals surface area contributed by atoms with Crippen LogP contribution in [0.4, 0.5) is 5.82 Å². The Morgan fingerprint density at radius 2 is 1.86 bits per heavy atom. The molecule has 1 aromatic carbocycles. The molecule has 148 valence electrons. The lowest BCUT2D eigenvalue weighted by atomic mass is 9.69. The summed E-state index contributed by atoms with van der Waals surface area (Å²) >= 11 is 0. The number of anilines is 1. The van der Waals surface area contributed by atoms with Crippen LogP contribution >= 0.6 is 0 Å². The molecule has 5 rings (SSSR count). The predicted octanol–water partition coefficient (Wildman–Crippen LogP) is 3.73. The Morgan fingerprint density at radius 3 is 2.66 bits per heavy atom. The van der Waals surface area contributed by atoms with Crippen LogP contribution < -0.4 is 4.90 Å². The Morgan fingerprint density at radius 1 is 1.00 bits per heavy atom. The number of pyridine rings is 1. The van der Waals surface area contributed by atoms with Gasteiger partial charge in [0.05, 0.1) is 11.9 Å². The maximum absolute atomic E-state index is 4.74. The number of hydrogen-bond acceptors (Lipinski definition) is 5. The highest BCUT2D eigenvalue weighted by Crippen LogP contribution is 2.42. The number of fused-ring (bicyclic) bond motifs is 2. The zero-order chi connectivity index (χ0) is 19.7. The number of nitrogens with zero attached hydrogens (tertiary/aromatic N) is 5. The normalized spacial score (nSPS) is 18.6. The molecule has 5 nitrogen and oxygen atoms in total. The van der Waals surface area contributed by atoms with Crippen molar-refractivity contribution in [1.29, 1.82) is 0 Å². The number of benzene rings is 1. The van der Waals surface area contributed by atoms with Gasteiger partial charge in [0.2, 0.25) is 0 Å². The second-order valence-electron chi connectivity index (χ2n) is 8.40. The summed E-state index contributed by atoms with van der Waals surface area (Å²) < 4.78 is 0. The fraction of sp³-hybridized carbons (Fsp3) is 0.375. The number of rotatable bonds is 3. The van der Waals surface area contributed by atoms with E-state index in [1.165, 1.54) is 5.56 Å². The summed E-state index contributed by atoms with van der Waals surface area (Å²) in [6.45, 7) is 7.10. The van der Waals surface area contributed by atoms with Crippen molar-refractivity contribution < 1.29 is 0 Å². The first-order chi connectivity index (χ1) is 14.2. The number of aryl methyl sites for hydroxylation is 1. The van der Waals surface area contributed by atoms with Crippen LogP contribution in [0.1, 0.15) is 35.4 Å². The topological polar surface area (TPSA) is 45.2 Å². The van der Waals surface area contributed by atoms with E-state index in [2.05, 4.69) is 69.2 Å². The quantitative estimate of drug-likeness (QED) is 0.687. The average molecular weight is 386 g/mol. The summed E-state index contributed by atoms with van der Waals surface area (Å²) in [5.74, 6) is 0.993. The Hall–Kier alpha value is -2.79. The molecule has 2 aliphatic rings. The molecule has 0 N–H and O–H groups in total. The summed E-state index contributed by atoms with van der Waals surface area (Å²) in [7, 11) is 0. The fourth-order valence-corrected chi connectivity index (χ4v) is 5.06. The maximum atomic E-state index is 4.74. The largest absolute Gasteiger partial charge is 0.355 e. The van der Waals surface area contributed by atoms with Crippen molar-refractivity contribution in [3.63, 3.8) is 0 Å². The van der Waals surface area contributed by atoms with E-state index in [-0.39, 0.29) is 5.41 Å². The smallest absolute Gasteiger partial charge is 0.147 e. The van der Waals surface area contributed by atoms with Crippen molar-refractivity contribution in [1.82, 2.24) is 19.9 Å². The molecule has 3 aromatic rings. The van der Waals surface area contributed by atoms with E-state index in [9.17, 15) is 0 Å². The first-order valence-electron chi connectivity index (χ1n) is 10.5. The van der Waals surface area contributed by atoms with Gasteiger partial charge in [-0.1, -0.05) is 30.3 Å². The molecule has 29 heavy (non-hydrogen) atoms. The van der Waals surface area contributed by atoms with Crippen LogP contribution in [0.2, 0.25) is 0 Å². The molecular weight excluding hydrogens is 358 g/mol. The van der Waals surface area contributed by atoms with Crippen LogP contribution in [0, 0.1) is 6.92 Å². The number of hydrogen-bond donors (Lipinski definition) is 0. The summed E-state index contributed by atoms with van der Waals surface area (Å²) in [6.07, 6.45) is 7.68. The molecule has 0 amide bonds. The number of piperidine rings is 1. The van der Waals surface area contributed by atoms with E-state index < -0.39 is 0 Å². The lowest BCUT2D eigenvalue weighted by Gasteiger charge is -2.49. The molecule has 2 aliphatic heterocycles. The maximum Gasteiger partial charge on any atom is 0.147 e. The summed E-state index contributed by atoms with van der Waals surface area (Å²) in [4.78, 5) is 18.5. The third kappa shape index (κ3) is 3.62. The van der Waals surface area contributed by atoms with E-state index in [0.29, 0.717) is 0 Å². The Bertz CT molecular complexity index is 979. The Kier molecular flexibility index (Phi) is 4.76. The van der Waals surface area contributed by atoms with Crippen LogP contribution in [0.3, 0.4) is 0 Å². The van der Waals surface area contributed by atoms with Crippen molar-refractivity contribution in [2.45, 2.75) is 38.3 Å². The van der Waals surface area contributed by atoms with Crippen LogP contribution in [-0.4, -0.2) is 39.5 Å². The molecule has 0 atom stereocenters. The molecule has 0 saturated carbocycles. The Balaban J connectivity index is 1.40. The molecule has 4 heterocycles. The molecule has 0 radical (unpaired) electrons. The van der Waals surface area contributed by atoms with Gasteiger partial charge < -0.3 is 4.90 Å². The van der Waals surface area contributed by atoms with Crippen LogP contribution in [0.15, 0.2) is 61.1 Å². The van der Waals surface area contributed by atoms with Crippen LogP contribution in [0.5, 0.6) is 0 Å².